The van der Waals surface area contributed by atoms with Crippen molar-refractivity contribution in [3.8, 4) is 12.3 Å². The van der Waals surface area contributed by atoms with Crippen molar-refractivity contribution in [2.75, 3.05) is 0 Å². The first-order valence-electron chi connectivity index (χ1n) is 4.44. The van der Waals surface area contributed by atoms with E-state index in [0.717, 1.165) is 5.76 Å². The standard InChI is InChI=1S/C11H13NO2/c1-4-5-8(2)12-11(13)10-7-6-9(3)14-10/h1,6-8H,5H2,2-3H3,(H,12,13). The summed E-state index contributed by atoms with van der Waals surface area (Å²) in [7, 11) is 0. The molecular formula is C11H13NO2. The average molecular weight is 191 g/mol. The first-order chi connectivity index (χ1) is 6.63. The number of hydrogen-bond donors (Lipinski definition) is 1. The Morgan fingerprint density at radius 3 is 2.93 bits per heavy atom. The first-order valence-corrected chi connectivity index (χ1v) is 4.44. The van der Waals surface area contributed by atoms with Crippen molar-refractivity contribution in [3.05, 3.63) is 23.7 Å². The van der Waals surface area contributed by atoms with Gasteiger partial charge in [-0.25, -0.2) is 0 Å². The number of carbonyl (C=O) groups excluding carboxylic acids is 1. The number of aryl methyl sites for hydroxylation is 1. The lowest BCUT2D eigenvalue weighted by atomic mass is 10.2. The van der Waals surface area contributed by atoms with Crippen LogP contribution in [0.2, 0.25) is 0 Å². The molecule has 0 aliphatic rings. The van der Waals surface area contributed by atoms with Crippen LogP contribution < -0.4 is 5.32 Å². The third kappa shape index (κ3) is 2.67. The zero-order chi connectivity index (χ0) is 10.6. The average Bonchev–Trinajstić information content (AvgIpc) is 2.52. The summed E-state index contributed by atoms with van der Waals surface area (Å²) < 4.78 is 5.16. The molecule has 1 amide bonds. The van der Waals surface area contributed by atoms with E-state index in [-0.39, 0.29) is 11.9 Å². The Kier molecular flexibility index (Phi) is 3.35. The van der Waals surface area contributed by atoms with Crippen molar-refractivity contribution >= 4 is 5.91 Å². The molecule has 0 fully saturated rings. The lowest BCUT2D eigenvalue weighted by molar-refractivity contribution is 0.0911. The fraction of sp³-hybridized carbons (Fsp3) is 0.364. The molecule has 74 valence electrons. The summed E-state index contributed by atoms with van der Waals surface area (Å²) in [6, 6.07) is 3.37. The van der Waals surface area contributed by atoms with E-state index in [9.17, 15) is 4.79 Å². The molecule has 3 heteroatoms. The van der Waals surface area contributed by atoms with Crippen LogP contribution >= 0.6 is 0 Å². The molecule has 0 saturated heterocycles. The molecular weight excluding hydrogens is 178 g/mol. The molecule has 1 aromatic rings. The van der Waals surface area contributed by atoms with E-state index >= 15 is 0 Å². The second-order valence-electron chi connectivity index (χ2n) is 3.19. The van der Waals surface area contributed by atoms with Crippen molar-refractivity contribution in [3.63, 3.8) is 0 Å². The third-order valence-corrected chi connectivity index (χ3v) is 1.77. The SMILES string of the molecule is C#CCC(C)NC(=O)c1ccc(C)o1. The molecule has 0 saturated carbocycles. The molecule has 0 aliphatic heterocycles. The van der Waals surface area contributed by atoms with Gasteiger partial charge in [0.05, 0.1) is 0 Å². The molecule has 1 unspecified atom stereocenters. The van der Waals surface area contributed by atoms with E-state index in [1.807, 2.05) is 6.92 Å². The highest BCUT2D eigenvalue weighted by Gasteiger charge is 2.11. The van der Waals surface area contributed by atoms with Gasteiger partial charge in [0.15, 0.2) is 5.76 Å². The Balaban J connectivity index is 2.55. The van der Waals surface area contributed by atoms with E-state index in [4.69, 9.17) is 10.8 Å². The van der Waals surface area contributed by atoms with E-state index < -0.39 is 0 Å². The molecule has 1 atom stereocenters. The highest BCUT2D eigenvalue weighted by Crippen LogP contribution is 2.06. The first kappa shape index (κ1) is 10.4. The summed E-state index contributed by atoms with van der Waals surface area (Å²) in [6.45, 7) is 3.65. The monoisotopic (exact) mass is 191 g/mol. The summed E-state index contributed by atoms with van der Waals surface area (Å²) in [4.78, 5) is 11.5. The van der Waals surface area contributed by atoms with Crippen molar-refractivity contribution in [2.45, 2.75) is 26.3 Å². The fourth-order valence-corrected chi connectivity index (χ4v) is 1.08. The summed E-state index contributed by atoms with van der Waals surface area (Å²) in [6.07, 6.45) is 5.64. The maximum atomic E-state index is 11.5. The Hall–Kier alpha value is -1.69. The van der Waals surface area contributed by atoms with Gasteiger partial charge in [0.2, 0.25) is 0 Å². The van der Waals surface area contributed by atoms with Crippen LogP contribution in [0, 0.1) is 19.3 Å². The largest absolute Gasteiger partial charge is 0.456 e. The van der Waals surface area contributed by atoms with Crippen molar-refractivity contribution in [1.82, 2.24) is 5.32 Å². The molecule has 3 nitrogen and oxygen atoms in total. The number of terminal acetylenes is 1. The molecule has 1 N–H and O–H groups in total. The van der Waals surface area contributed by atoms with Crippen LogP contribution in [0.3, 0.4) is 0 Å². The van der Waals surface area contributed by atoms with Crippen LogP contribution in [-0.2, 0) is 0 Å². The van der Waals surface area contributed by atoms with E-state index in [1.165, 1.54) is 0 Å². The number of furan rings is 1. The van der Waals surface area contributed by atoms with Gasteiger partial charge in [-0.05, 0) is 26.0 Å². The van der Waals surface area contributed by atoms with Crippen LogP contribution in [0.4, 0.5) is 0 Å². The van der Waals surface area contributed by atoms with Crippen LogP contribution in [0.5, 0.6) is 0 Å². The minimum Gasteiger partial charge on any atom is -0.456 e. The fourth-order valence-electron chi connectivity index (χ4n) is 1.08. The highest BCUT2D eigenvalue weighted by atomic mass is 16.3. The van der Waals surface area contributed by atoms with E-state index in [2.05, 4.69) is 11.2 Å². The number of carbonyl (C=O) groups is 1. The molecule has 0 aromatic carbocycles. The molecule has 1 aromatic heterocycles. The maximum absolute atomic E-state index is 11.5. The van der Waals surface area contributed by atoms with Crippen LogP contribution in [0.25, 0.3) is 0 Å². The van der Waals surface area contributed by atoms with Gasteiger partial charge in [-0.15, -0.1) is 12.3 Å². The summed E-state index contributed by atoms with van der Waals surface area (Å²) in [5, 5.41) is 2.74. The highest BCUT2D eigenvalue weighted by molar-refractivity contribution is 5.91. The Morgan fingerprint density at radius 2 is 2.43 bits per heavy atom. The van der Waals surface area contributed by atoms with Gasteiger partial charge in [-0.3, -0.25) is 4.79 Å². The van der Waals surface area contributed by atoms with Crippen LogP contribution in [0.15, 0.2) is 16.5 Å². The lowest BCUT2D eigenvalue weighted by Gasteiger charge is -2.08. The molecule has 1 rings (SSSR count). The van der Waals surface area contributed by atoms with Crippen LogP contribution in [0.1, 0.15) is 29.7 Å². The molecule has 0 aliphatic carbocycles. The summed E-state index contributed by atoms with van der Waals surface area (Å²) in [5.74, 6) is 3.31. The molecule has 0 bridgehead atoms. The van der Waals surface area contributed by atoms with Gasteiger partial charge in [0, 0.05) is 12.5 Å². The summed E-state index contributed by atoms with van der Waals surface area (Å²) >= 11 is 0. The molecule has 0 radical (unpaired) electrons. The van der Waals surface area contributed by atoms with Gasteiger partial charge in [-0.1, -0.05) is 0 Å². The Labute approximate surface area is 83.5 Å². The van der Waals surface area contributed by atoms with E-state index in [1.54, 1.807) is 19.1 Å². The van der Waals surface area contributed by atoms with Crippen LogP contribution in [-0.4, -0.2) is 11.9 Å². The second kappa shape index (κ2) is 4.52. The number of hydrogen-bond acceptors (Lipinski definition) is 2. The minimum absolute atomic E-state index is 0.0297. The topological polar surface area (TPSA) is 42.2 Å². The number of rotatable bonds is 3. The van der Waals surface area contributed by atoms with Gasteiger partial charge < -0.3 is 9.73 Å². The van der Waals surface area contributed by atoms with Gasteiger partial charge in [-0.2, -0.15) is 0 Å². The molecule has 0 spiro atoms. The third-order valence-electron chi connectivity index (χ3n) is 1.77. The zero-order valence-electron chi connectivity index (χ0n) is 8.33. The Morgan fingerprint density at radius 1 is 1.71 bits per heavy atom. The number of amides is 1. The van der Waals surface area contributed by atoms with Crippen molar-refractivity contribution < 1.29 is 9.21 Å². The van der Waals surface area contributed by atoms with Gasteiger partial charge in [0.25, 0.3) is 5.91 Å². The normalized spacial score (nSPS) is 11.8. The predicted octanol–water partition coefficient (Wildman–Crippen LogP) is 1.73. The second-order valence-corrected chi connectivity index (χ2v) is 3.19. The van der Waals surface area contributed by atoms with E-state index in [0.29, 0.717) is 12.2 Å². The molecule has 1 heterocycles. The minimum atomic E-state index is -0.221. The zero-order valence-corrected chi connectivity index (χ0v) is 8.33. The van der Waals surface area contributed by atoms with Crippen molar-refractivity contribution in [1.29, 1.82) is 0 Å². The number of nitrogens with one attached hydrogen (secondary N) is 1. The predicted molar refractivity (Wildman–Crippen MR) is 53.8 cm³/mol. The maximum Gasteiger partial charge on any atom is 0.287 e. The van der Waals surface area contributed by atoms with Gasteiger partial charge >= 0.3 is 0 Å². The lowest BCUT2D eigenvalue weighted by Crippen LogP contribution is -2.31. The summed E-state index contributed by atoms with van der Waals surface area (Å²) in [5.41, 5.74) is 0. The molecule has 14 heavy (non-hydrogen) atoms. The van der Waals surface area contributed by atoms with Gasteiger partial charge in [0.1, 0.15) is 5.76 Å². The smallest absolute Gasteiger partial charge is 0.287 e. The Bertz CT molecular complexity index is 360. The quantitative estimate of drug-likeness (QED) is 0.739. The van der Waals surface area contributed by atoms with Crippen molar-refractivity contribution in [2.24, 2.45) is 0 Å².